The number of ether oxygens (including phenoxy) is 1. The number of rotatable bonds is 6. The number of amides is 2. The van der Waals surface area contributed by atoms with E-state index in [-0.39, 0.29) is 23.5 Å². The third-order valence-corrected chi connectivity index (χ3v) is 5.32. The molecule has 2 atom stereocenters. The summed E-state index contributed by atoms with van der Waals surface area (Å²) in [5, 5.41) is 2.74. The van der Waals surface area contributed by atoms with Gasteiger partial charge in [0, 0.05) is 19.0 Å². The summed E-state index contributed by atoms with van der Waals surface area (Å²) in [4.78, 5) is 26.8. The van der Waals surface area contributed by atoms with Gasteiger partial charge in [0.25, 0.3) is 5.91 Å². The van der Waals surface area contributed by atoms with Crippen LogP contribution in [0.2, 0.25) is 0 Å². The van der Waals surface area contributed by atoms with Crippen molar-refractivity contribution in [3.05, 3.63) is 65.0 Å². The summed E-state index contributed by atoms with van der Waals surface area (Å²) in [6, 6.07) is 11.7. The van der Waals surface area contributed by atoms with Crippen LogP contribution in [-0.4, -0.2) is 35.9 Å². The number of carbonyl (C=O) groups excluding carboxylic acids is 2. The predicted molar refractivity (Wildman–Crippen MR) is 114 cm³/mol. The number of hydrogen-bond acceptors (Lipinski definition) is 3. The first kappa shape index (κ1) is 21.8. The molecule has 0 aromatic heterocycles. The van der Waals surface area contributed by atoms with E-state index < -0.39 is 12.1 Å². The molecule has 1 N–H and O–H groups in total. The van der Waals surface area contributed by atoms with Gasteiger partial charge in [-0.05, 0) is 61.2 Å². The molecule has 6 heteroatoms. The first-order chi connectivity index (χ1) is 14.3. The van der Waals surface area contributed by atoms with Crippen LogP contribution in [0.5, 0.6) is 5.75 Å². The van der Waals surface area contributed by atoms with Crippen LogP contribution in [0.15, 0.2) is 42.5 Å². The minimum absolute atomic E-state index is 0.0249. The van der Waals surface area contributed by atoms with E-state index in [1.807, 2.05) is 49.9 Å². The number of hydrogen-bond donors (Lipinski definition) is 1. The van der Waals surface area contributed by atoms with Crippen molar-refractivity contribution in [2.45, 2.75) is 46.3 Å². The molecule has 0 radical (unpaired) electrons. The second-order valence-corrected chi connectivity index (χ2v) is 7.91. The predicted octanol–water partition coefficient (Wildman–Crippen LogP) is 3.86. The normalized spacial score (nSPS) is 16.7. The maximum Gasteiger partial charge on any atom is 0.260 e. The zero-order chi connectivity index (χ0) is 21.8. The van der Waals surface area contributed by atoms with Gasteiger partial charge in [-0.3, -0.25) is 9.59 Å². The molecule has 3 rings (SSSR count). The summed E-state index contributed by atoms with van der Waals surface area (Å²) in [6.07, 6.45) is 0.0683. The van der Waals surface area contributed by atoms with Crippen molar-refractivity contribution in [3.8, 4) is 5.75 Å². The molecule has 30 heavy (non-hydrogen) atoms. The fourth-order valence-corrected chi connectivity index (χ4v) is 3.85. The summed E-state index contributed by atoms with van der Waals surface area (Å²) in [5.41, 5.74) is 2.72. The number of benzene rings is 2. The van der Waals surface area contributed by atoms with Gasteiger partial charge in [0.05, 0.1) is 6.04 Å². The fourth-order valence-electron chi connectivity index (χ4n) is 3.85. The van der Waals surface area contributed by atoms with Gasteiger partial charge in [0.2, 0.25) is 5.91 Å². The summed E-state index contributed by atoms with van der Waals surface area (Å²) in [6.45, 7) is 8.39. The van der Waals surface area contributed by atoms with E-state index in [1.54, 1.807) is 13.0 Å². The van der Waals surface area contributed by atoms with E-state index in [2.05, 4.69) is 5.32 Å². The molecular formula is C24H29FN2O3. The largest absolute Gasteiger partial charge is 0.481 e. The second kappa shape index (κ2) is 9.28. The van der Waals surface area contributed by atoms with Crippen LogP contribution in [-0.2, 0) is 16.0 Å². The molecule has 2 unspecified atom stereocenters. The van der Waals surface area contributed by atoms with Gasteiger partial charge in [-0.15, -0.1) is 0 Å². The van der Waals surface area contributed by atoms with E-state index in [4.69, 9.17) is 4.74 Å². The molecule has 0 spiro atoms. The Hall–Kier alpha value is -2.89. The quantitative estimate of drug-likeness (QED) is 0.784. The van der Waals surface area contributed by atoms with Crippen molar-refractivity contribution < 1.29 is 18.7 Å². The molecule has 160 valence electrons. The van der Waals surface area contributed by atoms with Crippen molar-refractivity contribution in [1.82, 2.24) is 10.2 Å². The monoisotopic (exact) mass is 412 g/mol. The molecule has 2 aromatic carbocycles. The van der Waals surface area contributed by atoms with Crippen molar-refractivity contribution >= 4 is 11.8 Å². The summed E-state index contributed by atoms with van der Waals surface area (Å²) >= 11 is 0. The number of likely N-dealkylation sites (N-methyl/N-ethyl adjacent to an activating group) is 1. The van der Waals surface area contributed by atoms with Crippen molar-refractivity contribution in [1.29, 1.82) is 0 Å². The maximum absolute atomic E-state index is 14.0. The third kappa shape index (κ3) is 4.64. The van der Waals surface area contributed by atoms with E-state index >= 15 is 0 Å². The zero-order valence-corrected chi connectivity index (χ0v) is 17.9. The molecule has 1 aliphatic heterocycles. The topological polar surface area (TPSA) is 58.6 Å². The van der Waals surface area contributed by atoms with E-state index in [1.165, 1.54) is 12.1 Å². The Kier molecular flexibility index (Phi) is 6.75. The Balaban J connectivity index is 2.01. The highest BCUT2D eigenvalue weighted by atomic mass is 19.1. The fraction of sp³-hybridized carbons (Fsp3) is 0.417. The Labute approximate surface area is 177 Å². The van der Waals surface area contributed by atoms with Crippen LogP contribution >= 0.6 is 0 Å². The van der Waals surface area contributed by atoms with Gasteiger partial charge in [0.1, 0.15) is 11.6 Å². The molecule has 2 amide bonds. The number of carbonyl (C=O) groups is 2. The Morgan fingerprint density at radius 3 is 2.63 bits per heavy atom. The molecule has 0 aliphatic carbocycles. The smallest absolute Gasteiger partial charge is 0.260 e. The lowest BCUT2D eigenvalue weighted by atomic mass is 9.87. The Morgan fingerprint density at radius 2 is 1.97 bits per heavy atom. The molecular weight excluding hydrogens is 383 g/mol. The lowest BCUT2D eigenvalue weighted by Crippen LogP contribution is -2.42. The molecule has 5 nitrogen and oxygen atoms in total. The van der Waals surface area contributed by atoms with Gasteiger partial charge in [-0.25, -0.2) is 4.39 Å². The van der Waals surface area contributed by atoms with Crippen molar-refractivity contribution in [3.63, 3.8) is 0 Å². The standard InChI is InChI=1S/C24H29FN2O3/c1-5-26-23(28)16(4)30-20-10-9-17-11-12-27(24(29)15(2)3)22(21(17)14-20)18-7-6-8-19(25)13-18/h6-10,13-16,22H,5,11-12H2,1-4H3,(H,26,28). The lowest BCUT2D eigenvalue weighted by Gasteiger charge is -2.39. The number of halogens is 1. The summed E-state index contributed by atoms with van der Waals surface area (Å²) < 4.78 is 19.9. The first-order valence-electron chi connectivity index (χ1n) is 10.4. The lowest BCUT2D eigenvalue weighted by molar-refractivity contribution is -0.136. The average Bonchev–Trinajstić information content (AvgIpc) is 2.72. The van der Waals surface area contributed by atoms with Gasteiger partial charge in [0.15, 0.2) is 6.10 Å². The molecule has 0 saturated carbocycles. The zero-order valence-electron chi connectivity index (χ0n) is 17.9. The highest BCUT2D eigenvalue weighted by Crippen LogP contribution is 2.38. The van der Waals surface area contributed by atoms with Crippen LogP contribution in [0.4, 0.5) is 4.39 Å². The highest BCUT2D eigenvalue weighted by molar-refractivity contribution is 5.81. The number of nitrogens with zero attached hydrogens (tertiary/aromatic N) is 1. The number of nitrogens with one attached hydrogen (secondary N) is 1. The van der Waals surface area contributed by atoms with E-state index in [9.17, 15) is 14.0 Å². The van der Waals surface area contributed by atoms with Crippen LogP contribution in [0, 0.1) is 11.7 Å². The molecule has 1 aliphatic rings. The Morgan fingerprint density at radius 1 is 1.20 bits per heavy atom. The highest BCUT2D eigenvalue weighted by Gasteiger charge is 2.33. The SMILES string of the molecule is CCNC(=O)C(C)Oc1ccc2c(c1)C(c1cccc(F)c1)N(C(=O)C(C)C)CC2. The second-order valence-electron chi connectivity index (χ2n) is 7.91. The van der Waals surface area contributed by atoms with Crippen LogP contribution in [0.25, 0.3) is 0 Å². The number of fused-ring (bicyclic) bond motifs is 1. The van der Waals surface area contributed by atoms with Gasteiger partial charge >= 0.3 is 0 Å². The minimum atomic E-state index is -0.646. The third-order valence-electron chi connectivity index (χ3n) is 5.32. The average molecular weight is 413 g/mol. The summed E-state index contributed by atoms with van der Waals surface area (Å²) in [7, 11) is 0. The van der Waals surface area contributed by atoms with E-state index in [0.29, 0.717) is 25.3 Å². The molecule has 0 saturated heterocycles. The van der Waals surface area contributed by atoms with Crippen LogP contribution < -0.4 is 10.1 Å². The summed E-state index contributed by atoms with van der Waals surface area (Å²) in [5.74, 6) is -0.119. The molecule has 0 fully saturated rings. The van der Waals surface area contributed by atoms with Crippen LogP contribution in [0.3, 0.4) is 0 Å². The van der Waals surface area contributed by atoms with Gasteiger partial charge < -0.3 is 15.0 Å². The van der Waals surface area contributed by atoms with E-state index in [0.717, 1.165) is 16.7 Å². The molecule has 2 aromatic rings. The van der Waals surface area contributed by atoms with Crippen molar-refractivity contribution in [2.24, 2.45) is 5.92 Å². The molecule has 1 heterocycles. The minimum Gasteiger partial charge on any atom is -0.481 e. The Bertz CT molecular complexity index is 928. The van der Waals surface area contributed by atoms with Gasteiger partial charge in [-0.1, -0.05) is 32.0 Å². The van der Waals surface area contributed by atoms with Gasteiger partial charge in [-0.2, -0.15) is 0 Å². The maximum atomic E-state index is 14.0. The van der Waals surface area contributed by atoms with Crippen molar-refractivity contribution in [2.75, 3.05) is 13.1 Å². The van der Waals surface area contributed by atoms with Crippen LogP contribution in [0.1, 0.15) is 50.4 Å². The molecule has 0 bridgehead atoms. The first-order valence-corrected chi connectivity index (χ1v) is 10.4.